The van der Waals surface area contributed by atoms with Crippen molar-refractivity contribution in [3.8, 4) is 11.3 Å². The topological polar surface area (TPSA) is 39.2 Å². The van der Waals surface area contributed by atoms with E-state index in [2.05, 4.69) is 0 Å². The number of hydrogen-bond donors (Lipinski definition) is 0. The highest BCUT2D eigenvalue weighted by Gasteiger charge is 2.16. The molecular weight excluding hydrogens is 406 g/mol. The maximum absolute atomic E-state index is 13.2. The van der Waals surface area contributed by atoms with Crippen molar-refractivity contribution in [1.82, 2.24) is 4.98 Å². The Labute approximate surface area is 184 Å². The first-order valence-electron chi connectivity index (χ1n) is 9.99. The SMILES string of the molecule is O=C(OCc1cccc2ccccc12)c1cc(-c2ccccc2Cl)nc2ccccc12. The quantitative estimate of drug-likeness (QED) is 0.290. The maximum atomic E-state index is 13.2. The summed E-state index contributed by atoms with van der Waals surface area (Å²) in [5.41, 5.74) is 3.58. The first-order chi connectivity index (χ1) is 15.2. The number of pyridine rings is 1. The number of benzene rings is 4. The summed E-state index contributed by atoms with van der Waals surface area (Å²) in [7, 11) is 0. The van der Waals surface area contributed by atoms with Crippen LogP contribution in [0.1, 0.15) is 15.9 Å². The van der Waals surface area contributed by atoms with Crippen LogP contribution in [0.25, 0.3) is 32.9 Å². The van der Waals surface area contributed by atoms with E-state index in [0.717, 1.165) is 32.8 Å². The molecule has 0 aliphatic rings. The normalized spacial score (nSPS) is 11.0. The lowest BCUT2D eigenvalue weighted by molar-refractivity contribution is 0.0476. The van der Waals surface area contributed by atoms with Crippen molar-refractivity contribution >= 4 is 39.2 Å². The third-order valence-corrected chi connectivity index (χ3v) is 5.65. The van der Waals surface area contributed by atoms with Crippen LogP contribution in [0.2, 0.25) is 5.02 Å². The van der Waals surface area contributed by atoms with Gasteiger partial charge in [0, 0.05) is 16.0 Å². The molecule has 0 unspecified atom stereocenters. The summed E-state index contributed by atoms with van der Waals surface area (Å²) in [4.78, 5) is 17.9. The second-order valence-corrected chi connectivity index (χ2v) is 7.67. The Kier molecular flexibility index (Phi) is 5.11. The number of nitrogens with zero attached hydrogens (tertiary/aromatic N) is 1. The molecule has 0 amide bonds. The first kappa shape index (κ1) is 19.3. The van der Waals surface area contributed by atoms with Crippen LogP contribution in [0.4, 0.5) is 0 Å². The van der Waals surface area contributed by atoms with Crippen LogP contribution in [0, 0.1) is 0 Å². The smallest absolute Gasteiger partial charge is 0.339 e. The fourth-order valence-corrected chi connectivity index (χ4v) is 4.02. The Morgan fingerprint density at radius 2 is 1.52 bits per heavy atom. The lowest BCUT2D eigenvalue weighted by atomic mass is 10.0. The molecule has 0 aliphatic heterocycles. The minimum absolute atomic E-state index is 0.193. The summed E-state index contributed by atoms with van der Waals surface area (Å²) in [5, 5.41) is 3.53. The molecule has 150 valence electrons. The van der Waals surface area contributed by atoms with Crippen molar-refractivity contribution in [2.24, 2.45) is 0 Å². The molecule has 0 radical (unpaired) electrons. The number of hydrogen-bond acceptors (Lipinski definition) is 3. The molecule has 0 aliphatic carbocycles. The molecule has 3 nitrogen and oxygen atoms in total. The van der Waals surface area contributed by atoms with Crippen LogP contribution < -0.4 is 0 Å². The lowest BCUT2D eigenvalue weighted by Gasteiger charge is -2.12. The van der Waals surface area contributed by atoms with Crippen molar-refractivity contribution < 1.29 is 9.53 Å². The summed E-state index contributed by atoms with van der Waals surface area (Å²) in [5.74, 6) is -0.389. The predicted molar refractivity (Wildman–Crippen MR) is 125 cm³/mol. The van der Waals surface area contributed by atoms with Crippen LogP contribution in [-0.4, -0.2) is 11.0 Å². The summed E-state index contributed by atoms with van der Waals surface area (Å²) in [6, 6.07) is 30.9. The van der Waals surface area contributed by atoms with Crippen LogP contribution >= 0.6 is 11.6 Å². The Hall–Kier alpha value is -3.69. The number of carbonyl (C=O) groups excluding carboxylic acids is 1. The number of esters is 1. The van der Waals surface area contributed by atoms with Gasteiger partial charge in [-0.2, -0.15) is 0 Å². The zero-order valence-corrected chi connectivity index (χ0v) is 17.3. The van der Waals surface area contributed by atoms with Gasteiger partial charge in [0.15, 0.2) is 0 Å². The predicted octanol–water partition coefficient (Wildman–Crippen LogP) is 7.07. The summed E-state index contributed by atoms with van der Waals surface area (Å²) in [6.07, 6.45) is 0. The summed E-state index contributed by atoms with van der Waals surface area (Å²) >= 11 is 6.38. The number of rotatable bonds is 4. The van der Waals surface area contributed by atoms with Crippen LogP contribution in [-0.2, 0) is 11.3 Å². The molecule has 0 atom stereocenters. The van der Waals surface area contributed by atoms with Gasteiger partial charge >= 0.3 is 5.97 Å². The fraction of sp³-hybridized carbons (Fsp3) is 0.0370. The second kappa shape index (κ2) is 8.21. The molecule has 5 rings (SSSR count). The van der Waals surface area contributed by atoms with Crippen LogP contribution in [0.15, 0.2) is 97.1 Å². The molecule has 4 aromatic carbocycles. The largest absolute Gasteiger partial charge is 0.457 e. The van der Waals surface area contributed by atoms with E-state index in [1.807, 2.05) is 91.0 Å². The van der Waals surface area contributed by atoms with Gasteiger partial charge in [0.25, 0.3) is 0 Å². The van der Waals surface area contributed by atoms with Crippen molar-refractivity contribution in [2.75, 3.05) is 0 Å². The van der Waals surface area contributed by atoms with E-state index in [1.54, 1.807) is 6.07 Å². The summed E-state index contributed by atoms with van der Waals surface area (Å²) in [6.45, 7) is 0.193. The van der Waals surface area contributed by atoms with Gasteiger partial charge in [-0.25, -0.2) is 9.78 Å². The number of halogens is 1. The average Bonchev–Trinajstić information content (AvgIpc) is 2.82. The van der Waals surface area contributed by atoms with Gasteiger partial charge in [-0.15, -0.1) is 0 Å². The number of carbonyl (C=O) groups is 1. The van der Waals surface area contributed by atoms with Gasteiger partial charge in [-0.1, -0.05) is 90.5 Å². The fourth-order valence-electron chi connectivity index (χ4n) is 3.79. The lowest BCUT2D eigenvalue weighted by Crippen LogP contribution is -2.07. The third-order valence-electron chi connectivity index (χ3n) is 5.32. The number of ether oxygens (including phenoxy) is 1. The molecule has 1 aromatic heterocycles. The molecule has 5 aromatic rings. The molecule has 1 heterocycles. The highest BCUT2D eigenvalue weighted by atomic mass is 35.5. The molecule has 0 fully saturated rings. The zero-order valence-electron chi connectivity index (χ0n) is 16.6. The van der Waals surface area contributed by atoms with E-state index in [9.17, 15) is 4.79 Å². The highest BCUT2D eigenvalue weighted by Crippen LogP contribution is 2.30. The summed E-state index contributed by atoms with van der Waals surface area (Å²) < 4.78 is 5.75. The molecule has 0 saturated carbocycles. The van der Waals surface area contributed by atoms with Crippen LogP contribution in [0.3, 0.4) is 0 Å². The van der Waals surface area contributed by atoms with Gasteiger partial charge in [0.05, 0.1) is 16.8 Å². The minimum Gasteiger partial charge on any atom is -0.457 e. The van der Waals surface area contributed by atoms with Crippen molar-refractivity contribution in [3.05, 3.63) is 113 Å². The minimum atomic E-state index is -0.389. The zero-order chi connectivity index (χ0) is 21.2. The molecule has 0 bridgehead atoms. The standard InChI is InChI=1S/C27H18ClNO2/c28-24-14-5-3-13-22(24)26-16-23(21-12-4-6-15-25(21)29-26)27(30)31-17-19-10-7-9-18-8-1-2-11-20(18)19/h1-16H,17H2. The van der Waals surface area contributed by atoms with E-state index < -0.39 is 0 Å². The van der Waals surface area contributed by atoms with Crippen molar-refractivity contribution in [1.29, 1.82) is 0 Å². The number of fused-ring (bicyclic) bond motifs is 2. The van der Waals surface area contributed by atoms with Crippen molar-refractivity contribution in [3.63, 3.8) is 0 Å². The monoisotopic (exact) mass is 423 g/mol. The molecule has 0 spiro atoms. The first-order valence-corrected chi connectivity index (χ1v) is 10.4. The van der Waals surface area contributed by atoms with Crippen molar-refractivity contribution in [2.45, 2.75) is 6.61 Å². The Balaban J connectivity index is 1.53. The molecule has 0 saturated heterocycles. The third kappa shape index (κ3) is 3.76. The molecular formula is C27H18ClNO2. The van der Waals surface area contributed by atoms with E-state index >= 15 is 0 Å². The average molecular weight is 424 g/mol. The van der Waals surface area contributed by atoms with Gasteiger partial charge < -0.3 is 4.74 Å². The second-order valence-electron chi connectivity index (χ2n) is 7.27. The number of aromatic nitrogens is 1. The Morgan fingerprint density at radius 1 is 0.806 bits per heavy atom. The van der Waals surface area contributed by atoms with E-state index in [4.69, 9.17) is 21.3 Å². The van der Waals surface area contributed by atoms with E-state index in [-0.39, 0.29) is 12.6 Å². The van der Waals surface area contributed by atoms with Gasteiger partial charge in [-0.05, 0) is 34.5 Å². The highest BCUT2D eigenvalue weighted by molar-refractivity contribution is 6.33. The molecule has 0 N–H and O–H groups in total. The molecule has 4 heteroatoms. The number of para-hydroxylation sites is 1. The van der Waals surface area contributed by atoms with Gasteiger partial charge in [0.1, 0.15) is 6.61 Å². The van der Waals surface area contributed by atoms with E-state index in [1.165, 1.54) is 0 Å². The van der Waals surface area contributed by atoms with Gasteiger partial charge in [-0.3, -0.25) is 0 Å². The van der Waals surface area contributed by atoms with Gasteiger partial charge in [0.2, 0.25) is 0 Å². The Morgan fingerprint density at radius 3 is 2.39 bits per heavy atom. The van der Waals surface area contributed by atoms with Crippen LogP contribution in [0.5, 0.6) is 0 Å². The van der Waals surface area contributed by atoms with E-state index in [0.29, 0.717) is 16.3 Å². The maximum Gasteiger partial charge on any atom is 0.339 e. The molecule has 31 heavy (non-hydrogen) atoms. The Bertz CT molecular complexity index is 1420.